The molecule has 1 rings (SSSR count). The van der Waals surface area contributed by atoms with Crippen molar-refractivity contribution in [3.05, 3.63) is 28.2 Å². The minimum atomic E-state index is -0.650. The number of aliphatic hydroxyl groups excluding tert-OH is 2. The van der Waals surface area contributed by atoms with Crippen LogP contribution < -0.4 is 5.32 Å². The van der Waals surface area contributed by atoms with E-state index in [0.717, 1.165) is 0 Å². The third-order valence-corrected chi connectivity index (χ3v) is 3.87. The average Bonchev–Trinajstić information content (AvgIpc) is 2.43. The number of amides is 1. The maximum absolute atomic E-state index is 12.0. The summed E-state index contributed by atoms with van der Waals surface area (Å²) in [5.74, 6) is -0.250. The van der Waals surface area contributed by atoms with E-state index in [1.165, 1.54) is 0 Å². The van der Waals surface area contributed by atoms with Crippen molar-refractivity contribution < 1.29 is 15.0 Å². The molecule has 7 heteroatoms. The molecule has 0 aliphatic rings. The number of hydrogen-bond donors (Lipinski definition) is 3. The lowest BCUT2D eigenvalue weighted by atomic mass is 9.92. The summed E-state index contributed by atoms with van der Waals surface area (Å²) >= 11 is 11.9. The van der Waals surface area contributed by atoms with Crippen LogP contribution >= 0.6 is 23.2 Å². The quantitative estimate of drug-likeness (QED) is 0.711. The molecule has 0 spiro atoms. The summed E-state index contributed by atoms with van der Waals surface area (Å²) in [6, 6.07) is 5.00. The Balaban J connectivity index is 2.59. The van der Waals surface area contributed by atoms with E-state index in [4.69, 9.17) is 23.2 Å². The molecule has 0 unspecified atom stereocenters. The number of anilines is 1. The summed E-state index contributed by atoms with van der Waals surface area (Å²) in [6.45, 7) is 1.93. The number of benzene rings is 1. The predicted octanol–water partition coefficient (Wildman–Crippen LogP) is 1.85. The fourth-order valence-corrected chi connectivity index (χ4v) is 2.24. The normalized spacial score (nSPS) is 11.8. The predicted molar refractivity (Wildman–Crippen MR) is 84.9 cm³/mol. The monoisotopic (exact) mass is 334 g/mol. The lowest BCUT2D eigenvalue weighted by Gasteiger charge is -2.29. The Hall–Kier alpha value is -0.850. The number of nitrogens with zero attached hydrogens (tertiary/aromatic N) is 1. The summed E-state index contributed by atoms with van der Waals surface area (Å²) < 4.78 is 0. The van der Waals surface area contributed by atoms with Gasteiger partial charge in [0.25, 0.3) is 0 Å². The highest BCUT2D eigenvalue weighted by atomic mass is 35.5. The van der Waals surface area contributed by atoms with Gasteiger partial charge in [-0.15, -0.1) is 0 Å². The van der Waals surface area contributed by atoms with E-state index in [-0.39, 0.29) is 25.7 Å². The first-order valence-corrected chi connectivity index (χ1v) is 7.21. The van der Waals surface area contributed by atoms with E-state index in [0.29, 0.717) is 22.3 Å². The molecule has 0 saturated heterocycles. The van der Waals surface area contributed by atoms with Crippen LogP contribution in [0.15, 0.2) is 18.2 Å². The Morgan fingerprint density at radius 1 is 1.33 bits per heavy atom. The van der Waals surface area contributed by atoms with E-state index in [2.05, 4.69) is 5.32 Å². The van der Waals surface area contributed by atoms with Crippen LogP contribution in [0.5, 0.6) is 0 Å². The number of nitrogens with one attached hydrogen (secondary N) is 1. The van der Waals surface area contributed by atoms with Crippen molar-refractivity contribution in [1.82, 2.24) is 4.90 Å². The summed E-state index contributed by atoms with van der Waals surface area (Å²) in [6.07, 6.45) is 0. The number of rotatable bonds is 7. The van der Waals surface area contributed by atoms with Gasteiger partial charge in [0.2, 0.25) is 5.91 Å². The minimum absolute atomic E-state index is 0.110. The van der Waals surface area contributed by atoms with Gasteiger partial charge in [-0.1, -0.05) is 36.2 Å². The van der Waals surface area contributed by atoms with E-state index >= 15 is 0 Å². The molecule has 0 heterocycles. The molecule has 0 bridgehead atoms. The van der Waals surface area contributed by atoms with Gasteiger partial charge < -0.3 is 15.5 Å². The van der Waals surface area contributed by atoms with Gasteiger partial charge >= 0.3 is 0 Å². The van der Waals surface area contributed by atoms with E-state index in [9.17, 15) is 15.0 Å². The molecular weight excluding hydrogens is 315 g/mol. The Morgan fingerprint density at radius 3 is 2.52 bits per heavy atom. The van der Waals surface area contributed by atoms with Gasteiger partial charge in [-0.05, 0) is 19.2 Å². The van der Waals surface area contributed by atoms with Crippen LogP contribution in [0, 0.1) is 5.41 Å². The molecule has 0 aliphatic heterocycles. The zero-order valence-electron chi connectivity index (χ0n) is 12.1. The first kappa shape index (κ1) is 18.2. The second-order valence-electron chi connectivity index (χ2n) is 5.45. The molecule has 5 nitrogen and oxygen atoms in total. The van der Waals surface area contributed by atoms with Crippen molar-refractivity contribution in [3.63, 3.8) is 0 Å². The Kier molecular flexibility index (Phi) is 6.90. The summed E-state index contributed by atoms with van der Waals surface area (Å²) in [7, 11) is 1.74. The third-order valence-electron chi connectivity index (χ3n) is 3.05. The Morgan fingerprint density at radius 2 is 1.95 bits per heavy atom. The molecular formula is C14H20Cl2N2O3. The number of carbonyl (C=O) groups is 1. The topological polar surface area (TPSA) is 72.8 Å². The van der Waals surface area contributed by atoms with Crippen LogP contribution in [-0.4, -0.2) is 54.4 Å². The van der Waals surface area contributed by atoms with Crippen molar-refractivity contribution in [3.8, 4) is 0 Å². The first-order valence-electron chi connectivity index (χ1n) is 6.45. The lowest BCUT2D eigenvalue weighted by Crippen LogP contribution is -2.41. The van der Waals surface area contributed by atoms with Crippen molar-refractivity contribution in [1.29, 1.82) is 0 Å². The van der Waals surface area contributed by atoms with Crippen LogP contribution in [-0.2, 0) is 4.79 Å². The van der Waals surface area contributed by atoms with Gasteiger partial charge in [-0.2, -0.15) is 0 Å². The summed E-state index contributed by atoms with van der Waals surface area (Å²) in [5.41, 5.74) is -0.197. The SMILES string of the molecule is CN(CC(=O)Nc1cccc(Cl)c1Cl)CC(C)(CO)CO. The second-order valence-corrected chi connectivity index (χ2v) is 6.23. The fraction of sp³-hybridized carbons (Fsp3) is 0.500. The van der Waals surface area contributed by atoms with Crippen molar-refractivity contribution >= 4 is 34.8 Å². The van der Waals surface area contributed by atoms with Crippen LogP contribution in [0.3, 0.4) is 0 Å². The van der Waals surface area contributed by atoms with Gasteiger partial charge in [-0.3, -0.25) is 9.69 Å². The van der Waals surface area contributed by atoms with Crippen LogP contribution in [0.4, 0.5) is 5.69 Å². The van der Waals surface area contributed by atoms with Gasteiger partial charge in [0.05, 0.1) is 35.5 Å². The van der Waals surface area contributed by atoms with E-state index < -0.39 is 5.41 Å². The van der Waals surface area contributed by atoms with Crippen molar-refractivity contribution in [2.24, 2.45) is 5.41 Å². The largest absolute Gasteiger partial charge is 0.396 e. The van der Waals surface area contributed by atoms with Crippen LogP contribution in [0.2, 0.25) is 10.0 Å². The zero-order valence-corrected chi connectivity index (χ0v) is 13.6. The molecule has 0 saturated carbocycles. The highest BCUT2D eigenvalue weighted by molar-refractivity contribution is 6.43. The maximum atomic E-state index is 12.0. The number of aliphatic hydroxyl groups is 2. The van der Waals surface area contributed by atoms with E-state index in [1.54, 1.807) is 37.1 Å². The highest BCUT2D eigenvalue weighted by Gasteiger charge is 2.25. The molecule has 118 valence electrons. The lowest BCUT2D eigenvalue weighted by molar-refractivity contribution is -0.117. The Bertz CT molecular complexity index is 493. The Labute approximate surface area is 134 Å². The average molecular weight is 335 g/mol. The number of hydrogen-bond acceptors (Lipinski definition) is 4. The molecule has 21 heavy (non-hydrogen) atoms. The molecule has 0 fully saturated rings. The molecule has 1 amide bonds. The van der Waals surface area contributed by atoms with Crippen LogP contribution in [0.1, 0.15) is 6.92 Å². The standard InChI is InChI=1S/C14H20Cl2N2O3/c1-14(8-19,9-20)7-18(2)6-12(21)17-11-5-3-4-10(15)13(11)16/h3-5,19-20H,6-9H2,1-2H3,(H,17,21). The molecule has 0 aromatic heterocycles. The molecule has 0 aliphatic carbocycles. The number of halogens is 2. The number of likely N-dealkylation sites (N-methyl/N-ethyl adjacent to an activating group) is 1. The zero-order chi connectivity index (χ0) is 16.0. The van der Waals surface area contributed by atoms with Gasteiger partial charge in [0, 0.05) is 12.0 Å². The van der Waals surface area contributed by atoms with Gasteiger partial charge in [-0.25, -0.2) is 0 Å². The first-order chi connectivity index (χ1) is 9.81. The fourth-order valence-electron chi connectivity index (χ4n) is 1.89. The highest BCUT2D eigenvalue weighted by Crippen LogP contribution is 2.29. The molecule has 1 aromatic carbocycles. The van der Waals surface area contributed by atoms with Gasteiger partial charge in [0.1, 0.15) is 0 Å². The molecule has 1 aromatic rings. The minimum Gasteiger partial charge on any atom is -0.396 e. The van der Waals surface area contributed by atoms with Gasteiger partial charge in [0.15, 0.2) is 0 Å². The number of carbonyl (C=O) groups excluding carboxylic acids is 1. The summed E-state index contributed by atoms with van der Waals surface area (Å²) in [5, 5.41) is 21.9. The van der Waals surface area contributed by atoms with E-state index in [1.807, 2.05) is 0 Å². The van der Waals surface area contributed by atoms with Crippen molar-refractivity contribution in [2.45, 2.75) is 6.92 Å². The van der Waals surface area contributed by atoms with Crippen molar-refractivity contribution in [2.75, 3.05) is 38.7 Å². The second kappa shape index (κ2) is 7.96. The maximum Gasteiger partial charge on any atom is 0.238 e. The molecule has 0 radical (unpaired) electrons. The molecule has 0 atom stereocenters. The summed E-state index contributed by atoms with van der Waals surface area (Å²) in [4.78, 5) is 13.7. The van der Waals surface area contributed by atoms with Crippen LogP contribution in [0.25, 0.3) is 0 Å². The molecule has 3 N–H and O–H groups in total. The smallest absolute Gasteiger partial charge is 0.238 e. The third kappa shape index (κ3) is 5.45.